The van der Waals surface area contributed by atoms with E-state index >= 15 is 0 Å². The minimum Gasteiger partial charge on any atom is -0.502 e. The number of rotatable bonds is 3. The number of ether oxygens (including phenoxy) is 1. The Kier molecular flexibility index (Phi) is 4.12. The summed E-state index contributed by atoms with van der Waals surface area (Å²) in [5.74, 6) is -1.37. The van der Waals surface area contributed by atoms with Gasteiger partial charge in [0, 0.05) is 23.7 Å². The number of aryl methyl sites for hydroxylation is 1. The Balaban J connectivity index is 1.82. The summed E-state index contributed by atoms with van der Waals surface area (Å²) in [6.07, 6.45) is 4.92. The molecule has 0 saturated carbocycles. The van der Waals surface area contributed by atoms with Crippen LogP contribution in [0.1, 0.15) is 11.3 Å². The van der Waals surface area contributed by atoms with Crippen molar-refractivity contribution in [3.63, 3.8) is 0 Å². The molecule has 0 radical (unpaired) electrons. The van der Waals surface area contributed by atoms with Crippen molar-refractivity contribution in [1.82, 2.24) is 14.4 Å². The van der Waals surface area contributed by atoms with Gasteiger partial charge in [-0.2, -0.15) is 0 Å². The Labute approximate surface area is 156 Å². The van der Waals surface area contributed by atoms with Crippen molar-refractivity contribution < 1.29 is 14.2 Å². The number of phenolic OH excluding ortho intramolecular Hbond substituents is 1. The second-order valence-corrected chi connectivity index (χ2v) is 6.94. The molecule has 0 aliphatic carbocycles. The summed E-state index contributed by atoms with van der Waals surface area (Å²) >= 11 is 1.20. The molecule has 0 saturated heterocycles. The molecule has 8 heteroatoms. The summed E-state index contributed by atoms with van der Waals surface area (Å²) in [5.41, 5.74) is 2.60. The van der Waals surface area contributed by atoms with Gasteiger partial charge in [0.15, 0.2) is 22.3 Å². The van der Waals surface area contributed by atoms with E-state index in [2.05, 4.69) is 9.97 Å². The first-order valence-corrected chi connectivity index (χ1v) is 8.81. The maximum Gasteiger partial charge on any atom is 0.274 e. The Bertz CT molecular complexity index is 1280. The summed E-state index contributed by atoms with van der Waals surface area (Å²) in [7, 11) is 1.33. The summed E-state index contributed by atoms with van der Waals surface area (Å²) < 4.78 is 20.6. The van der Waals surface area contributed by atoms with E-state index in [1.807, 2.05) is 19.1 Å². The number of imidazole rings is 1. The molecule has 3 aromatic heterocycles. The van der Waals surface area contributed by atoms with Gasteiger partial charge < -0.3 is 9.84 Å². The molecule has 4 aromatic rings. The second-order valence-electron chi connectivity index (χ2n) is 5.93. The average Bonchev–Trinajstić information content (AvgIpc) is 3.18. The van der Waals surface area contributed by atoms with E-state index in [9.17, 15) is 14.3 Å². The zero-order chi connectivity index (χ0) is 19.1. The maximum absolute atomic E-state index is 13.8. The Morgan fingerprint density at radius 1 is 1.33 bits per heavy atom. The lowest BCUT2D eigenvalue weighted by Crippen LogP contribution is -2.22. The van der Waals surface area contributed by atoms with Crippen LogP contribution in [-0.2, 0) is 0 Å². The third-order valence-electron chi connectivity index (χ3n) is 4.07. The zero-order valence-corrected chi connectivity index (χ0v) is 15.2. The SMILES string of the molecule is COc1cc(/C=c2\sc3nc(-c4ccnc(C)c4)cn3c2=O)cc(F)c1O. The number of thiazole rings is 1. The molecule has 0 aliphatic heterocycles. The monoisotopic (exact) mass is 383 g/mol. The van der Waals surface area contributed by atoms with Crippen molar-refractivity contribution in [2.45, 2.75) is 6.92 Å². The van der Waals surface area contributed by atoms with Crippen LogP contribution in [0.5, 0.6) is 11.5 Å². The van der Waals surface area contributed by atoms with Gasteiger partial charge in [0.2, 0.25) is 0 Å². The molecular formula is C19H14FN3O3S. The van der Waals surface area contributed by atoms with Crippen molar-refractivity contribution in [1.29, 1.82) is 0 Å². The lowest BCUT2D eigenvalue weighted by atomic mass is 10.2. The van der Waals surface area contributed by atoms with Crippen molar-refractivity contribution in [3.8, 4) is 22.8 Å². The minimum absolute atomic E-state index is 0.00498. The molecule has 0 bridgehead atoms. The van der Waals surface area contributed by atoms with Gasteiger partial charge >= 0.3 is 0 Å². The highest BCUT2D eigenvalue weighted by atomic mass is 32.1. The van der Waals surface area contributed by atoms with Gasteiger partial charge in [-0.15, -0.1) is 0 Å². The summed E-state index contributed by atoms with van der Waals surface area (Å²) in [4.78, 5) is 21.9. The Morgan fingerprint density at radius 3 is 2.85 bits per heavy atom. The number of pyridine rings is 1. The molecule has 0 spiro atoms. The van der Waals surface area contributed by atoms with Gasteiger partial charge in [0.05, 0.1) is 17.3 Å². The third kappa shape index (κ3) is 3.04. The van der Waals surface area contributed by atoms with Gasteiger partial charge in [0.1, 0.15) is 0 Å². The van der Waals surface area contributed by atoms with Gasteiger partial charge in [0.25, 0.3) is 5.56 Å². The largest absolute Gasteiger partial charge is 0.502 e. The first-order valence-electron chi connectivity index (χ1n) is 7.99. The van der Waals surface area contributed by atoms with E-state index < -0.39 is 11.6 Å². The van der Waals surface area contributed by atoms with Crippen molar-refractivity contribution in [2.24, 2.45) is 0 Å². The fraction of sp³-hybridized carbons (Fsp3) is 0.105. The molecule has 0 amide bonds. The smallest absolute Gasteiger partial charge is 0.274 e. The number of hydrogen-bond donors (Lipinski definition) is 1. The zero-order valence-electron chi connectivity index (χ0n) is 14.4. The Morgan fingerprint density at radius 2 is 2.15 bits per heavy atom. The molecule has 27 heavy (non-hydrogen) atoms. The standard InChI is InChI=1S/C19H14FN3O3S/c1-10-5-12(3-4-21-10)14-9-23-18(25)16(27-19(23)22-14)8-11-6-13(20)17(24)15(7-11)26-2/h3-9,24H,1-2H3/b16-8-. The predicted molar refractivity (Wildman–Crippen MR) is 101 cm³/mol. The van der Waals surface area contributed by atoms with Crippen LogP contribution in [0.25, 0.3) is 22.3 Å². The van der Waals surface area contributed by atoms with E-state index in [0.29, 0.717) is 20.8 Å². The first kappa shape index (κ1) is 17.2. The molecule has 6 nitrogen and oxygen atoms in total. The van der Waals surface area contributed by atoms with Crippen LogP contribution in [0.2, 0.25) is 0 Å². The van der Waals surface area contributed by atoms with Gasteiger partial charge in [-0.05, 0) is 42.8 Å². The molecule has 1 aromatic carbocycles. The van der Waals surface area contributed by atoms with Crippen LogP contribution in [-0.4, -0.2) is 26.6 Å². The van der Waals surface area contributed by atoms with E-state index in [-0.39, 0.29) is 11.3 Å². The predicted octanol–water partition coefficient (Wildman–Crippen LogP) is 2.53. The first-order chi connectivity index (χ1) is 13.0. The number of aromatic hydroxyl groups is 1. The van der Waals surface area contributed by atoms with Crippen LogP contribution in [0.3, 0.4) is 0 Å². The fourth-order valence-corrected chi connectivity index (χ4v) is 3.72. The highest BCUT2D eigenvalue weighted by Gasteiger charge is 2.12. The highest BCUT2D eigenvalue weighted by molar-refractivity contribution is 7.15. The van der Waals surface area contributed by atoms with Crippen molar-refractivity contribution >= 4 is 22.4 Å². The van der Waals surface area contributed by atoms with Crippen LogP contribution in [0.15, 0.2) is 41.5 Å². The molecule has 0 atom stereocenters. The number of nitrogens with zero attached hydrogens (tertiary/aromatic N) is 3. The van der Waals surface area contributed by atoms with E-state index in [1.165, 1.54) is 28.9 Å². The average molecular weight is 383 g/mol. The molecule has 4 rings (SSSR count). The second kappa shape index (κ2) is 6.48. The number of halogens is 1. The number of fused-ring (bicyclic) bond motifs is 1. The van der Waals surface area contributed by atoms with Crippen LogP contribution in [0, 0.1) is 12.7 Å². The van der Waals surface area contributed by atoms with Crippen LogP contribution < -0.4 is 14.8 Å². The van der Waals surface area contributed by atoms with E-state index in [0.717, 1.165) is 17.3 Å². The van der Waals surface area contributed by atoms with Crippen molar-refractivity contribution in [2.75, 3.05) is 7.11 Å². The van der Waals surface area contributed by atoms with Crippen LogP contribution in [0.4, 0.5) is 4.39 Å². The van der Waals surface area contributed by atoms with Gasteiger partial charge in [-0.25, -0.2) is 9.37 Å². The minimum atomic E-state index is -0.815. The summed E-state index contributed by atoms with van der Waals surface area (Å²) in [6.45, 7) is 1.89. The summed E-state index contributed by atoms with van der Waals surface area (Å²) in [6, 6.07) is 6.34. The van der Waals surface area contributed by atoms with Gasteiger partial charge in [-0.3, -0.25) is 14.2 Å². The number of hydrogen-bond acceptors (Lipinski definition) is 6. The van der Waals surface area contributed by atoms with E-state index in [1.54, 1.807) is 18.5 Å². The summed E-state index contributed by atoms with van der Waals surface area (Å²) in [5, 5.41) is 9.59. The Hall–Kier alpha value is -3.26. The molecule has 0 unspecified atom stereocenters. The number of methoxy groups -OCH3 is 1. The number of phenols is 1. The van der Waals surface area contributed by atoms with Crippen molar-refractivity contribution in [3.05, 3.63) is 68.6 Å². The normalized spacial score (nSPS) is 12.0. The number of benzene rings is 1. The maximum atomic E-state index is 13.8. The molecule has 0 aliphatic rings. The molecule has 1 N–H and O–H groups in total. The number of aromatic nitrogens is 3. The van der Waals surface area contributed by atoms with Gasteiger partial charge in [-0.1, -0.05) is 11.3 Å². The quantitative estimate of drug-likeness (QED) is 0.588. The van der Waals surface area contributed by atoms with Crippen LogP contribution >= 0.6 is 11.3 Å². The molecule has 136 valence electrons. The highest BCUT2D eigenvalue weighted by Crippen LogP contribution is 2.30. The molecule has 0 fully saturated rings. The lowest BCUT2D eigenvalue weighted by Gasteiger charge is -2.04. The molecular weight excluding hydrogens is 369 g/mol. The topological polar surface area (TPSA) is 76.7 Å². The van der Waals surface area contributed by atoms with E-state index in [4.69, 9.17) is 4.74 Å². The molecule has 3 heterocycles. The lowest BCUT2D eigenvalue weighted by molar-refractivity contribution is 0.357. The third-order valence-corrected chi connectivity index (χ3v) is 5.05. The fourth-order valence-electron chi connectivity index (χ4n) is 2.76.